The van der Waals surface area contributed by atoms with Crippen molar-refractivity contribution in [3.8, 4) is 0 Å². The first-order valence-electron chi connectivity index (χ1n) is 8.08. The molecule has 0 aliphatic rings. The Labute approximate surface area is 149 Å². The lowest BCUT2D eigenvalue weighted by molar-refractivity contribution is -0.144. The number of pyridine rings is 1. The van der Waals surface area contributed by atoms with Crippen molar-refractivity contribution in [2.75, 3.05) is 6.73 Å². The minimum Gasteiger partial charge on any atom is -1.00 e. The van der Waals surface area contributed by atoms with E-state index in [1.807, 2.05) is 0 Å². The smallest absolute Gasteiger partial charge is 0.307 e. The Morgan fingerprint density at radius 1 is 1.13 bits per heavy atom. The number of amides is 1. The molecule has 1 aromatic heterocycles. The first kappa shape index (κ1) is 21.6. The van der Waals surface area contributed by atoms with Crippen LogP contribution >= 0.6 is 0 Å². The maximum atomic E-state index is 11.7. The standard InChI is InChI=1S/C17H26N2O3.BrH/c1-2-3-4-5-6-7-8-11-16(20)22-14-19-17(21)15-10-9-12-18-13-15;/h9-10,12-13H,2-8,11,14H2,1H3,(H,19,21);1H/p-1. The van der Waals surface area contributed by atoms with Gasteiger partial charge in [0.1, 0.15) is 0 Å². The Morgan fingerprint density at radius 2 is 1.83 bits per heavy atom. The highest BCUT2D eigenvalue weighted by Crippen LogP contribution is 2.08. The second-order valence-corrected chi connectivity index (χ2v) is 5.28. The molecule has 0 saturated carbocycles. The van der Waals surface area contributed by atoms with Crippen molar-refractivity contribution < 1.29 is 31.3 Å². The molecule has 6 heteroatoms. The van der Waals surface area contributed by atoms with Crippen molar-refractivity contribution in [1.82, 2.24) is 10.3 Å². The van der Waals surface area contributed by atoms with Crippen LogP contribution in [0.1, 0.15) is 68.6 Å². The third-order valence-electron chi connectivity index (χ3n) is 3.37. The van der Waals surface area contributed by atoms with E-state index in [0.29, 0.717) is 12.0 Å². The molecule has 0 unspecified atom stereocenters. The van der Waals surface area contributed by atoms with Crippen molar-refractivity contribution in [1.29, 1.82) is 0 Å². The van der Waals surface area contributed by atoms with E-state index in [1.165, 1.54) is 38.3 Å². The maximum Gasteiger partial charge on any atom is 0.307 e. The summed E-state index contributed by atoms with van der Waals surface area (Å²) in [5, 5.41) is 2.53. The summed E-state index contributed by atoms with van der Waals surface area (Å²) in [5.74, 6) is -0.558. The molecule has 0 aromatic carbocycles. The highest BCUT2D eigenvalue weighted by Gasteiger charge is 2.06. The van der Waals surface area contributed by atoms with E-state index in [9.17, 15) is 9.59 Å². The van der Waals surface area contributed by atoms with Gasteiger partial charge in [-0.25, -0.2) is 0 Å². The number of hydrogen-bond acceptors (Lipinski definition) is 4. The van der Waals surface area contributed by atoms with Crippen LogP contribution in [0.25, 0.3) is 0 Å². The molecular formula is C17H26BrN2O3-. The van der Waals surface area contributed by atoms with Crippen LogP contribution in [0.2, 0.25) is 0 Å². The van der Waals surface area contributed by atoms with Crippen LogP contribution in [0.4, 0.5) is 0 Å². The molecule has 0 fully saturated rings. The van der Waals surface area contributed by atoms with Gasteiger partial charge in [0.15, 0.2) is 6.73 Å². The Kier molecular flexibility index (Phi) is 13.3. The summed E-state index contributed by atoms with van der Waals surface area (Å²) in [6.07, 6.45) is 11.6. The van der Waals surface area contributed by atoms with Gasteiger partial charge in [-0.1, -0.05) is 45.4 Å². The number of nitrogens with one attached hydrogen (secondary N) is 1. The second-order valence-electron chi connectivity index (χ2n) is 5.28. The number of carbonyl (C=O) groups is 2. The Balaban J connectivity index is 0.00000484. The molecule has 0 bridgehead atoms. The van der Waals surface area contributed by atoms with Gasteiger partial charge in [-0.3, -0.25) is 14.6 Å². The van der Waals surface area contributed by atoms with Gasteiger partial charge in [-0.15, -0.1) is 0 Å². The van der Waals surface area contributed by atoms with Crippen LogP contribution in [0, 0.1) is 0 Å². The van der Waals surface area contributed by atoms with Gasteiger partial charge in [0.2, 0.25) is 0 Å². The van der Waals surface area contributed by atoms with Gasteiger partial charge >= 0.3 is 5.97 Å². The lowest BCUT2D eigenvalue weighted by atomic mass is 10.1. The normalized spacial score (nSPS) is 9.78. The van der Waals surface area contributed by atoms with E-state index >= 15 is 0 Å². The van der Waals surface area contributed by atoms with Crippen LogP contribution in [-0.2, 0) is 9.53 Å². The van der Waals surface area contributed by atoms with Crippen LogP contribution in [-0.4, -0.2) is 23.6 Å². The number of esters is 1. The molecule has 0 aliphatic heterocycles. The largest absolute Gasteiger partial charge is 1.00 e. The Hall–Kier alpha value is -1.43. The van der Waals surface area contributed by atoms with E-state index in [2.05, 4.69) is 17.2 Å². The summed E-state index contributed by atoms with van der Waals surface area (Å²) in [5.41, 5.74) is 0.450. The summed E-state index contributed by atoms with van der Waals surface area (Å²) >= 11 is 0. The molecular weight excluding hydrogens is 360 g/mol. The molecule has 5 nitrogen and oxygen atoms in total. The zero-order valence-electron chi connectivity index (χ0n) is 13.7. The first-order chi connectivity index (χ1) is 10.7. The number of nitrogens with zero attached hydrogens (tertiary/aromatic N) is 1. The number of aromatic nitrogens is 1. The van der Waals surface area contributed by atoms with Gasteiger partial charge in [-0.2, -0.15) is 0 Å². The monoisotopic (exact) mass is 385 g/mol. The molecule has 1 heterocycles. The summed E-state index contributed by atoms with van der Waals surface area (Å²) in [7, 11) is 0. The number of unbranched alkanes of at least 4 members (excludes halogenated alkanes) is 6. The lowest BCUT2D eigenvalue weighted by Crippen LogP contribution is -3.00. The van der Waals surface area contributed by atoms with Gasteiger partial charge < -0.3 is 27.0 Å². The molecule has 0 radical (unpaired) electrons. The maximum absolute atomic E-state index is 11.7. The first-order valence-corrected chi connectivity index (χ1v) is 8.08. The van der Waals surface area contributed by atoms with Crippen molar-refractivity contribution in [3.63, 3.8) is 0 Å². The molecule has 1 N–H and O–H groups in total. The predicted octanol–water partition coefficient (Wildman–Crippen LogP) is 0.457. The molecule has 1 amide bonds. The minimum atomic E-state index is -0.295. The predicted molar refractivity (Wildman–Crippen MR) is 85.3 cm³/mol. The average molecular weight is 386 g/mol. The average Bonchev–Trinajstić information content (AvgIpc) is 2.54. The highest BCUT2D eigenvalue weighted by atomic mass is 79.9. The number of rotatable bonds is 11. The SMILES string of the molecule is CCCCCCCCCC(=O)OCNC(=O)c1cccnc1.[Br-]. The molecule has 0 saturated heterocycles. The fourth-order valence-electron chi connectivity index (χ4n) is 2.08. The zero-order valence-corrected chi connectivity index (χ0v) is 15.3. The Bertz CT molecular complexity index is 441. The third-order valence-corrected chi connectivity index (χ3v) is 3.37. The van der Waals surface area contributed by atoms with E-state index in [-0.39, 0.29) is 35.6 Å². The van der Waals surface area contributed by atoms with Gasteiger partial charge in [0, 0.05) is 18.8 Å². The Morgan fingerprint density at radius 3 is 2.48 bits per heavy atom. The fourth-order valence-corrected chi connectivity index (χ4v) is 2.08. The van der Waals surface area contributed by atoms with Crippen molar-refractivity contribution >= 4 is 11.9 Å². The van der Waals surface area contributed by atoms with E-state index < -0.39 is 0 Å². The number of halogens is 1. The fraction of sp³-hybridized carbons (Fsp3) is 0.588. The summed E-state index contributed by atoms with van der Waals surface area (Å²) in [6.45, 7) is 2.10. The number of hydrogen-bond donors (Lipinski definition) is 1. The zero-order chi connectivity index (χ0) is 16.0. The summed E-state index contributed by atoms with van der Waals surface area (Å²) in [6, 6.07) is 3.34. The summed E-state index contributed by atoms with van der Waals surface area (Å²) < 4.78 is 4.99. The van der Waals surface area contributed by atoms with Gasteiger partial charge in [-0.05, 0) is 18.6 Å². The summed E-state index contributed by atoms with van der Waals surface area (Å²) in [4.78, 5) is 27.0. The number of carbonyl (C=O) groups excluding carboxylic acids is 2. The van der Waals surface area contributed by atoms with E-state index in [1.54, 1.807) is 18.3 Å². The van der Waals surface area contributed by atoms with Crippen LogP contribution < -0.4 is 22.3 Å². The molecule has 1 aromatic rings. The third kappa shape index (κ3) is 10.8. The molecule has 130 valence electrons. The van der Waals surface area contributed by atoms with Crippen LogP contribution in [0.5, 0.6) is 0 Å². The van der Waals surface area contributed by atoms with Crippen molar-refractivity contribution in [2.45, 2.75) is 58.3 Å². The van der Waals surface area contributed by atoms with Crippen molar-refractivity contribution in [3.05, 3.63) is 30.1 Å². The van der Waals surface area contributed by atoms with E-state index in [0.717, 1.165) is 12.8 Å². The van der Waals surface area contributed by atoms with Crippen molar-refractivity contribution in [2.24, 2.45) is 0 Å². The van der Waals surface area contributed by atoms with Crippen LogP contribution in [0.3, 0.4) is 0 Å². The molecule has 0 spiro atoms. The topological polar surface area (TPSA) is 68.3 Å². The molecule has 1 rings (SSSR count). The van der Waals surface area contributed by atoms with Gasteiger partial charge in [0.05, 0.1) is 5.56 Å². The molecule has 0 atom stereocenters. The quantitative estimate of drug-likeness (QED) is 0.341. The highest BCUT2D eigenvalue weighted by molar-refractivity contribution is 5.93. The minimum absolute atomic E-state index is 0. The lowest BCUT2D eigenvalue weighted by Gasteiger charge is -2.06. The van der Waals surface area contributed by atoms with Crippen LogP contribution in [0.15, 0.2) is 24.5 Å². The van der Waals surface area contributed by atoms with Gasteiger partial charge in [0.25, 0.3) is 5.91 Å². The number of ether oxygens (including phenoxy) is 1. The molecule has 23 heavy (non-hydrogen) atoms. The molecule has 0 aliphatic carbocycles. The second kappa shape index (κ2) is 14.2. The van der Waals surface area contributed by atoms with E-state index in [4.69, 9.17) is 4.74 Å².